The second kappa shape index (κ2) is 3.96. The Kier molecular flexibility index (Phi) is 2.68. The van der Waals surface area contributed by atoms with Gasteiger partial charge in [-0.2, -0.15) is 11.3 Å². The van der Waals surface area contributed by atoms with Crippen LogP contribution in [0.3, 0.4) is 0 Å². The summed E-state index contributed by atoms with van der Waals surface area (Å²) in [5.74, 6) is 0. The molecule has 2 N–H and O–H groups in total. The molecule has 0 unspecified atom stereocenters. The Hall–Kier alpha value is -1.10. The molecule has 0 amide bonds. The molecule has 0 spiro atoms. The Bertz CT molecular complexity index is 411. The van der Waals surface area contributed by atoms with E-state index in [1.165, 1.54) is 11.3 Å². The highest BCUT2D eigenvalue weighted by Crippen LogP contribution is 2.19. The maximum absolute atomic E-state index is 9.12. The van der Waals surface area contributed by atoms with Gasteiger partial charge in [-0.15, -0.1) is 0 Å². The zero-order chi connectivity index (χ0) is 9.97. The lowest BCUT2D eigenvalue weighted by Crippen LogP contribution is -2.28. The molecule has 0 bridgehead atoms. The summed E-state index contributed by atoms with van der Waals surface area (Å²) in [6, 6.07) is 11.6. The van der Waals surface area contributed by atoms with Gasteiger partial charge in [0.15, 0.2) is 0 Å². The number of thiophene rings is 1. The first-order valence-electron chi connectivity index (χ1n) is 4.28. The lowest BCUT2D eigenvalue weighted by molar-refractivity contribution is 0.427. The fraction of sp³-hybridized carbons (Fsp3) is 0. The minimum absolute atomic E-state index is 0.594. The fourth-order valence-electron chi connectivity index (χ4n) is 1.38. The number of hydrogen-bond acceptors (Lipinski definition) is 3. The Labute approximate surface area is 86.6 Å². The first-order chi connectivity index (χ1) is 6.79. The fourth-order valence-corrected chi connectivity index (χ4v) is 2.16. The molecule has 0 saturated carbocycles. The molecule has 0 saturated heterocycles. The summed E-state index contributed by atoms with van der Waals surface area (Å²) in [4.78, 5) is 0. The molecule has 70 valence electrons. The predicted molar refractivity (Wildman–Crippen MR) is 59.6 cm³/mol. The van der Waals surface area contributed by atoms with Gasteiger partial charge in [-0.3, -0.25) is 0 Å². The molecule has 2 rings (SSSR count). The predicted octanol–water partition coefficient (Wildman–Crippen LogP) is 1.09. The van der Waals surface area contributed by atoms with Crippen LogP contribution in [-0.2, 0) is 0 Å². The van der Waals surface area contributed by atoms with Gasteiger partial charge in [-0.05, 0) is 22.6 Å². The molecule has 1 aromatic carbocycles. The van der Waals surface area contributed by atoms with Crippen LogP contribution in [0, 0.1) is 0 Å². The van der Waals surface area contributed by atoms with Gasteiger partial charge in [0.2, 0.25) is 0 Å². The van der Waals surface area contributed by atoms with E-state index in [4.69, 9.17) is 10.0 Å². The third-order valence-corrected chi connectivity index (χ3v) is 2.97. The van der Waals surface area contributed by atoms with Gasteiger partial charge >= 0.3 is 7.12 Å². The van der Waals surface area contributed by atoms with E-state index >= 15 is 0 Å². The van der Waals surface area contributed by atoms with Crippen LogP contribution >= 0.6 is 11.3 Å². The van der Waals surface area contributed by atoms with Gasteiger partial charge in [-0.1, -0.05) is 30.3 Å². The van der Waals surface area contributed by atoms with Crippen LogP contribution in [0.1, 0.15) is 0 Å². The smallest absolute Gasteiger partial charge is 0.423 e. The van der Waals surface area contributed by atoms with Crippen molar-refractivity contribution in [3.8, 4) is 11.1 Å². The van der Waals surface area contributed by atoms with Gasteiger partial charge in [0.1, 0.15) is 0 Å². The Morgan fingerprint density at radius 2 is 1.71 bits per heavy atom. The summed E-state index contributed by atoms with van der Waals surface area (Å²) in [6.07, 6.45) is 0. The van der Waals surface area contributed by atoms with Crippen LogP contribution in [0.15, 0.2) is 41.8 Å². The first-order valence-corrected chi connectivity index (χ1v) is 5.16. The normalized spacial score (nSPS) is 10.1. The van der Waals surface area contributed by atoms with E-state index in [2.05, 4.69) is 0 Å². The van der Waals surface area contributed by atoms with E-state index in [0.717, 1.165) is 11.1 Å². The van der Waals surface area contributed by atoms with Crippen molar-refractivity contribution in [3.63, 3.8) is 0 Å². The van der Waals surface area contributed by atoms with Crippen molar-refractivity contribution >= 4 is 23.2 Å². The van der Waals surface area contributed by atoms with E-state index in [1.54, 1.807) is 0 Å². The third kappa shape index (κ3) is 1.72. The molecule has 0 radical (unpaired) electrons. The maximum atomic E-state index is 9.12. The van der Waals surface area contributed by atoms with E-state index in [-0.39, 0.29) is 0 Å². The Balaban J connectivity index is 2.47. The van der Waals surface area contributed by atoms with Crippen LogP contribution in [0.2, 0.25) is 0 Å². The number of benzene rings is 1. The molecular weight excluding hydrogens is 195 g/mol. The molecule has 1 aromatic heterocycles. The highest BCUT2D eigenvalue weighted by molar-refractivity contribution is 7.21. The van der Waals surface area contributed by atoms with Crippen molar-refractivity contribution in [3.05, 3.63) is 41.8 Å². The minimum atomic E-state index is -1.38. The van der Waals surface area contributed by atoms with E-state index < -0.39 is 7.12 Å². The largest absolute Gasteiger partial charge is 0.499 e. The number of hydrogen-bond donors (Lipinski definition) is 2. The number of rotatable bonds is 2. The van der Waals surface area contributed by atoms with Gasteiger partial charge in [-0.25, -0.2) is 0 Å². The van der Waals surface area contributed by atoms with Gasteiger partial charge in [0.05, 0.1) is 0 Å². The summed E-state index contributed by atoms with van der Waals surface area (Å²) < 4.78 is 0.594. The monoisotopic (exact) mass is 204 g/mol. The second-order valence-corrected chi connectivity index (χ2v) is 3.89. The summed E-state index contributed by atoms with van der Waals surface area (Å²) in [5, 5.41) is 20.1. The molecule has 2 nitrogen and oxygen atoms in total. The summed E-state index contributed by atoms with van der Waals surface area (Å²) in [7, 11) is -1.38. The highest BCUT2D eigenvalue weighted by Gasteiger charge is 2.17. The zero-order valence-electron chi connectivity index (χ0n) is 7.42. The van der Waals surface area contributed by atoms with Gasteiger partial charge in [0.25, 0.3) is 0 Å². The third-order valence-electron chi connectivity index (χ3n) is 2.01. The van der Waals surface area contributed by atoms with Crippen molar-refractivity contribution in [1.82, 2.24) is 0 Å². The summed E-state index contributed by atoms with van der Waals surface area (Å²) in [6.45, 7) is 0. The SMILES string of the molecule is OB(O)c1sccc1-c1ccccc1. The van der Waals surface area contributed by atoms with Crippen molar-refractivity contribution in [2.24, 2.45) is 0 Å². The molecule has 0 atom stereocenters. The molecule has 0 aliphatic heterocycles. The Morgan fingerprint density at radius 1 is 1.00 bits per heavy atom. The van der Waals surface area contributed by atoms with Crippen molar-refractivity contribution < 1.29 is 10.0 Å². The average Bonchev–Trinajstić information content (AvgIpc) is 2.67. The quantitative estimate of drug-likeness (QED) is 0.719. The van der Waals surface area contributed by atoms with Crippen molar-refractivity contribution in [1.29, 1.82) is 0 Å². The Morgan fingerprint density at radius 3 is 2.36 bits per heavy atom. The molecule has 0 aliphatic carbocycles. The topological polar surface area (TPSA) is 40.5 Å². The average molecular weight is 204 g/mol. The van der Waals surface area contributed by atoms with E-state index in [0.29, 0.717) is 4.78 Å². The lowest BCUT2D eigenvalue weighted by Gasteiger charge is -2.01. The van der Waals surface area contributed by atoms with Gasteiger partial charge < -0.3 is 10.0 Å². The van der Waals surface area contributed by atoms with Crippen molar-refractivity contribution in [2.75, 3.05) is 0 Å². The molecular formula is C10H9BO2S. The molecule has 4 heteroatoms. The molecule has 14 heavy (non-hydrogen) atoms. The van der Waals surface area contributed by atoms with E-state index in [9.17, 15) is 0 Å². The lowest BCUT2D eigenvalue weighted by atomic mass is 9.84. The zero-order valence-corrected chi connectivity index (χ0v) is 8.24. The highest BCUT2D eigenvalue weighted by atomic mass is 32.1. The van der Waals surface area contributed by atoms with Crippen LogP contribution in [0.25, 0.3) is 11.1 Å². The van der Waals surface area contributed by atoms with Crippen molar-refractivity contribution in [2.45, 2.75) is 0 Å². The minimum Gasteiger partial charge on any atom is -0.423 e. The molecule has 0 aliphatic rings. The molecule has 2 aromatic rings. The van der Waals surface area contributed by atoms with E-state index in [1.807, 2.05) is 41.8 Å². The van der Waals surface area contributed by atoms with Crippen LogP contribution in [-0.4, -0.2) is 17.2 Å². The summed E-state index contributed by atoms with van der Waals surface area (Å²) >= 11 is 1.35. The van der Waals surface area contributed by atoms with Crippen LogP contribution in [0.4, 0.5) is 0 Å². The van der Waals surface area contributed by atoms with Gasteiger partial charge in [0, 0.05) is 4.78 Å². The maximum Gasteiger partial charge on any atom is 0.499 e. The molecule has 0 fully saturated rings. The molecule has 1 heterocycles. The first kappa shape index (κ1) is 9.46. The second-order valence-electron chi connectivity index (χ2n) is 2.94. The van der Waals surface area contributed by atoms with Crippen LogP contribution < -0.4 is 4.78 Å². The summed E-state index contributed by atoms with van der Waals surface area (Å²) in [5.41, 5.74) is 1.91. The standard InChI is InChI=1S/C10H9BO2S/c12-11(13)10-9(6-7-14-10)8-4-2-1-3-5-8/h1-7,12-13H. The van der Waals surface area contributed by atoms with Crippen LogP contribution in [0.5, 0.6) is 0 Å².